The molecule has 4 rings (SSSR count). The number of nitrogens with one attached hydrogen (secondary N) is 1. The van der Waals surface area contributed by atoms with Gasteiger partial charge < -0.3 is 15.0 Å². The molecule has 0 saturated heterocycles. The third-order valence-electron chi connectivity index (χ3n) is 4.84. The van der Waals surface area contributed by atoms with Crippen molar-refractivity contribution in [2.24, 2.45) is 0 Å². The average Bonchev–Trinajstić information content (AvgIpc) is 2.92. The lowest BCUT2D eigenvalue weighted by Gasteiger charge is -2.14. The highest BCUT2D eigenvalue weighted by Crippen LogP contribution is 2.36. The zero-order valence-electron chi connectivity index (χ0n) is 14.3. The number of aryl methyl sites for hydroxylation is 1. The van der Waals surface area contributed by atoms with Gasteiger partial charge in [0.2, 0.25) is 0 Å². The van der Waals surface area contributed by atoms with Crippen molar-refractivity contribution in [1.82, 2.24) is 4.57 Å². The van der Waals surface area contributed by atoms with Crippen LogP contribution in [0.5, 0.6) is 5.75 Å². The number of hydrogen-bond acceptors (Lipinski definition) is 3. The molecule has 0 fully saturated rings. The third-order valence-corrected chi connectivity index (χ3v) is 5.50. The van der Waals surface area contributed by atoms with Gasteiger partial charge in [-0.15, -0.1) is 0 Å². The summed E-state index contributed by atoms with van der Waals surface area (Å²) in [6.45, 7) is 3.88. The number of hydrogen-bond donors (Lipinski definition) is 2. The predicted molar refractivity (Wildman–Crippen MR) is 105 cm³/mol. The summed E-state index contributed by atoms with van der Waals surface area (Å²) in [6.07, 6.45) is 0.709. The smallest absolute Gasteiger partial charge is 0.268 e. The van der Waals surface area contributed by atoms with Crippen LogP contribution in [-0.2, 0) is 6.42 Å². The van der Waals surface area contributed by atoms with Crippen molar-refractivity contribution in [3.8, 4) is 5.75 Å². The number of nitrogens with zero attached hydrogens (tertiary/aromatic N) is 1. The van der Waals surface area contributed by atoms with Crippen molar-refractivity contribution in [2.75, 3.05) is 5.32 Å². The average molecular weight is 413 g/mol. The molecule has 1 aromatic heterocycles. The minimum absolute atomic E-state index is 0.0549. The van der Waals surface area contributed by atoms with Crippen LogP contribution in [0.4, 0.5) is 5.69 Å². The largest absolute Gasteiger partial charge is 0.506 e. The number of anilines is 1. The van der Waals surface area contributed by atoms with E-state index in [2.05, 4.69) is 21.2 Å². The first-order valence-electron chi connectivity index (χ1n) is 8.35. The van der Waals surface area contributed by atoms with E-state index < -0.39 is 11.5 Å². The third kappa shape index (κ3) is 2.44. The highest BCUT2D eigenvalue weighted by atomic mass is 79.9. The van der Waals surface area contributed by atoms with E-state index in [1.807, 2.05) is 38.1 Å². The van der Waals surface area contributed by atoms with Crippen molar-refractivity contribution in [2.45, 2.75) is 26.3 Å². The van der Waals surface area contributed by atoms with Crippen LogP contribution < -0.4 is 10.9 Å². The summed E-state index contributed by atoms with van der Waals surface area (Å²) < 4.78 is 2.33. The lowest BCUT2D eigenvalue weighted by molar-refractivity contribution is 0.102. The highest BCUT2D eigenvalue weighted by molar-refractivity contribution is 9.10. The molecule has 1 unspecified atom stereocenters. The van der Waals surface area contributed by atoms with Crippen molar-refractivity contribution in [1.29, 1.82) is 0 Å². The number of pyridine rings is 1. The van der Waals surface area contributed by atoms with Crippen LogP contribution in [0, 0.1) is 6.92 Å². The first kappa shape index (κ1) is 16.8. The van der Waals surface area contributed by atoms with Crippen LogP contribution in [0.3, 0.4) is 0 Å². The van der Waals surface area contributed by atoms with Gasteiger partial charge in [-0.1, -0.05) is 18.2 Å². The topological polar surface area (TPSA) is 71.3 Å². The van der Waals surface area contributed by atoms with Gasteiger partial charge in [-0.3, -0.25) is 9.59 Å². The second kappa shape index (κ2) is 5.99. The molecule has 26 heavy (non-hydrogen) atoms. The number of carbonyl (C=O) groups excluding carboxylic acids is 1. The molecule has 1 amide bonds. The van der Waals surface area contributed by atoms with Gasteiger partial charge in [0.1, 0.15) is 11.3 Å². The minimum Gasteiger partial charge on any atom is -0.506 e. The molecule has 2 N–H and O–H groups in total. The maximum atomic E-state index is 13.0. The molecular formula is C20H17BrN2O3. The van der Waals surface area contributed by atoms with Gasteiger partial charge in [-0.05, 0) is 65.5 Å². The van der Waals surface area contributed by atoms with Gasteiger partial charge in [-0.25, -0.2) is 0 Å². The molecule has 2 heterocycles. The Morgan fingerprint density at radius 1 is 1.31 bits per heavy atom. The van der Waals surface area contributed by atoms with Gasteiger partial charge in [-0.2, -0.15) is 0 Å². The Bertz CT molecular complexity index is 1130. The molecule has 0 spiro atoms. The first-order valence-corrected chi connectivity index (χ1v) is 9.14. The summed E-state index contributed by atoms with van der Waals surface area (Å²) >= 11 is 3.41. The summed E-state index contributed by atoms with van der Waals surface area (Å²) in [4.78, 5) is 25.8. The summed E-state index contributed by atoms with van der Waals surface area (Å²) in [5, 5.41) is 13.9. The molecule has 0 saturated carbocycles. The van der Waals surface area contributed by atoms with E-state index in [0.29, 0.717) is 22.0 Å². The van der Waals surface area contributed by atoms with Crippen LogP contribution in [-0.4, -0.2) is 15.6 Å². The summed E-state index contributed by atoms with van der Waals surface area (Å²) in [7, 11) is 0. The molecule has 1 aliphatic rings. The number of benzene rings is 2. The van der Waals surface area contributed by atoms with Crippen LogP contribution in [0.25, 0.3) is 10.9 Å². The zero-order chi connectivity index (χ0) is 18.6. The number of halogens is 1. The fourth-order valence-electron chi connectivity index (χ4n) is 3.63. The van der Waals surface area contributed by atoms with E-state index in [0.717, 1.165) is 16.6 Å². The Labute approximate surface area is 158 Å². The predicted octanol–water partition coefficient (Wildman–Crippen LogP) is 4.15. The second-order valence-electron chi connectivity index (χ2n) is 6.70. The monoisotopic (exact) mass is 412 g/mol. The van der Waals surface area contributed by atoms with E-state index in [1.165, 1.54) is 0 Å². The van der Waals surface area contributed by atoms with Crippen molar-refractivity contribution >= 4 is 38.4 Å². The van der Waals surface area contributed by atoms with Crippen molar-refractivity contribution in [3.05, 3.63) is 67.9 Å². The molecule has 132 valence electrons. The van der Waals surface area contributed by atoms with Gasteiger partial charge in [0.05, 0.1) is 11.2 Å². The molecule has 0 aliphatic carbocycles. The van der Waals surface area contributed by atoms with E-state index in [-0.39, 0.29) is 17.4 Å². The van der Waals surface area contributed by atoms with Gasteiger partial charge in [0.15, 0.2) is 0 Å². The van der Waals surface area contributed by atoms with Crippen LogP contribution in [0.2, 0.25) is 0 Å². The molecule has 0 bridgehead atoms. The van der Waals surface area contributed by atoms with Gasteiger partial charge in [0.25, 0.3) is 11.5 Å². The quantitative estimate of drug-likeness (QED) is 0.663. The first-order chi connectivity index (χ1) is 12.4. The molecule has 6 heteroatoms. The van der Waals surface area contributed by atoms with Gasteiger partial charge in [0, 0.05) is 15.9 Å². The van der Waals surface area contributed by atoms with Gasteiger partial charge >= 0.3 is 0 Å². The van der Waals surface area contributed by atoms with Crippen molar-refractivity contribution in [3.63, 3.8) is 0 Å². The maximum Gasteiger partial charge on any atom is 0.268 e. The molecule has 1 atom stereocenters. The molecule has 0 radical (unpaired) electrons. The number of amides is 1. The molecular weight excluding hydrogens is 396 g/mol. The summed E-state index contributed by atoms with van der Waals surface area (Å²) in [5.41, 5.74) is 2.62. The highest BCUT2D eigenvalue weighted by Gasteiger charge is 2.29. The van der Waals surface area contributed by atoms with E-state index in [1.54, 1.807) is 16.7 Å². The molecule has 1 aliphatic heterocycles. The van der Waals surface area contributed by atoms with E-state index in [4.69, 9.17) is 0 Å². The minimum atomic E-state index is -0.618. The number of para-hydroxylation sites is 1. The Hall–Kier alpha value is -2.60. The SMILES string of the molecule is Cc1ccc(NC(=O)c2c(O)c3cccc4c3n(c2=O)C(C)C4)c(Br)c1. The maximum absolute atomic E-state index is 13.0. The number of aromatic hydroxyl groups is 1. The van der Waals surface area contributed by atoms with Crippen molar-refractivity contribution < 1.29 is 9.90 Å². The number of rotatable bonds is 2. The standard InChI is InChI=1S/C20H17BrN2O3/c1-10-6-7-15(14(21)8-10)22-19(25)16-18(24)13-5-3-4-12-9-11(2)23(17(12)13)20(16)26/h3-8,11,24H,9H2,1-2H3,(H,22,25). The second-order valence-corrected chi connectivity index (χ2v) is 7.56. The lowest BCUT2D eigenvalue weighted by Crippen LogP contribution is -2.30. The number of carbonyl (C=O) groups is 1. The Kier molecular flexibility index (Phi) is 3.88. The fourth-order valence-corrected chi connectivity index (χ4v) is 4.22. The van der Waals surface area contributed by atoms with Crippen LogP contribution in [0.1, 0.15) is 34.5 Å². The Balaban J connectivity index is 1.88. The molecule has 5 nitrogen and oxygen atoms in total. The Morgan fingerprint density at radius 2 is 2.08 bits per heavy atom. The lowest BCUT2D eigenvalue weighted by atomic mass is 10.1. The summed E-state index contributed by atoms with van der Waals surface area (Å²) in [5.74, 6) is -0.884. The van der Waals surface area contributed by atoms with Crippen LogP contribution in [0.15, 0.2) is 45.7 Å². The fraction of sp³-hybridized carbons (Fsp3) is 0.200. The van der Waals surface area contributed by atoms with E-state index >= 15 is 0 Å². The molecule has 3 aromatic rings. The molecule has 2 aromatic carbocycles. The number of aromatic nitrogens is 1. The van der Waals surface area contributed by atoms with Crippen LogP contribution >= 0.6 is 15.9 Å². The Morgan fingerprint density at radius 3 is 2.81 bits per heavy atom. The zero-order valence-corrected chi connectivity index (χ0v) is 15.9. The van der Waals surface area contributed by atoms with E-state index in [9.17, 15) is 14.7 Å². The normalized spacial score (nSPS) is 15.4. The summed E-state index contributed by atoms with van der Waals surface area (Å²) in [6, 6.07) is 11.0.